The fourth-order valence-electron chi connectivity index (χ4n) is 3.27. The molecule has 29 heavy (non-hydrogen) atoms. The minimum Gasteiger partial charge on any atom is -0.326 e. The summed E-state index contributed by atoms with van der Waals surface area (Å²) in [6, 6.07) is 13.0. The quantitative estimate of drug-likeness (QED) is 0.789. The molecular weight excluding hydrogens is 405 g/mol. The predicted molar refractivity (Wildman–Crippen MR) is 103 cm³/mol. The molecule has 1 aliphatic rings. The first kappa shape index (κ1) is 21.3. The summed E-state index contributed by atoms with van der Waals surface area (Å²) in [5.41, 5.74) is 0.113. The molecule has 0 aromatic heterocycles. The summed E-state index contributed by atoms with van der Waals surface area (Å²) in [5, 5.41) is 2.58. The van der Waals surface area contributed by atoms with Crippen LogP contribution in [0.25, 0.3) is 0 Å². The highest BCUT2D eigenvalue weighted by Gasteiger charge is 2.33. The number of nitrogens with one attached hydrogen (secondary N) is 1. The smallest absolute Gasteiger partial charge is 0.326 e. The highest BCUT2D eigenvalue weighted by molar-refractivity contribution is 7.88. The Kier molecular flexibility index (Phi) is 6.28. The van der Waals surface area contributed by atoms with Gasteiger partial charge in [-0.2, -0.15) is 13.2 Å². The topological polar surface area (TPSA) is 66.5 Å². The van der Waals surface area contributed by atoms with Gasteiger partial charge in [0.25, 0.3) is 0 Å². The summed E-state index contributed by atoms with van der Waals surface area (Å²) in [7, 11) is -3.57. The maximum Gasteiger partial charge on any atom is 0.416 e. The molecule has 0 unspecified atom stereocenters. The van der Waals surface area contributed by atoms with Gasteiger partial charge in [-0.15, -0.1) is 0 Å². The molecule has 2 aromatic carbocycles. The molecule has 5 nitrogen and oxygen atoms in total. The molecule has 9 heteroatoms. The van der Waals surface area contributed by atoms with Crippen LogP contribution in [0.15, 0.2) is 54.6 Å². The van der Waals surface area contributed by atoms with Gasteiger partial charge in [0.2, 0.25) is 15.9 Å². The van der Waals surface area contributed by atoms with E-state index >= 15 is 0 Å². The van der Waals surface area contributed by atoms with Crippen LogP contribution in [-0.4, -0.2) is 31.7 Å². The molecule has 0 bridgehead atoms. The summed E-state index contributed by atoms with van der Waals surface area (Å²) in [4.78, 5) is 12.5. The van der Waals surface area contributed by atoms with Crippen molar-refractivity contribution in [2.45, 2.75) is 24.8 Å². The highest BCUT2D eigenvalue weighted by Crippen LogP contribution is 2.30. The van der Waals surface area contributed by atoms with E-state index in [2.05, 4.69) is 5.32 Å². The van der Waals surface area contributed by atoms with Gasteiger partial charge in [0.05, 0.1) is 17.2 Å². The average Bonchev–Trinajstić information content (AvgIpc) is 2.68. The maximum absolute atomic E-state index is 12.7. The number of alkyl halides is 3. The number of carbonyl (C=O) groups excluding carboxylic acids is 1. The Labute approximate surface area is 167 Å². The van der Waals surface area contributed by atoms with Crippen molar-refractivity contribution < 1.29 is 26.4 Å². The van der Waals surface area contributed by atoms with E-state index in [4.69, 9.17) is 0 Å². The number of anilines is 1. The van der Waals surface area contributed by atoms with Crippen LogP contribution in [0.1, 0.15) is 24.0 Å². The molecule has 0 aliphatic carbocycles. The molecule has 0 radical (unpaired) electrons. The lowest BCUT2D eigenvalue weighted by molar-refractivity contribution is -0.137. The Morgan fingerprint density at radius 1 is 1.07 bits per heavy atom. The third-order valence-electron chi connectivity index (χ3n) is 4.82. The van der Waals surface area contributed by atoms with Crippen LogP contribution in [0.3, 0.4) is 0 Å². The minimum atomic E-state index is -4.44. The van der Waals surface area contributed by atoms with Gasteiger partial charge >= 0.3 is 6.18 Å². The van der Waals surface area contributed by atoms with Crippen LogP contribution >= 0.6 is 0 Å². The lowest BCUT2D eigenvalue weighted by Gasteiger charge is -2.31. The van der Waals surface area contributed by atoms with Crippen LogP contribution in [0.5, 0.6) is 0 Å². The molecule has 1 amide bonds. The summed E-state index contributed by atoms with van der Waals surface area (Å²) in [6.45, 7) is 0.404. The summed E-state index contributed by atoms with van der Waals surface area (Å²) >= 11 is 0. The standard InChI is InChI=1S/C20H21F3N2O3S/c21-20(22,23)17-8-10-18(11-9-17)24-19(26)16-7-4-12-25(13-16)29(27,28)14-15-5-2-1-3-6-15/h1-3,5-6,8-11,16H,4,7,12-14H2,(H,24,26)/t16-/m0/s1. The van der Waals surface area contributed by atoms with Crippen molar-refractivity contribution in [3.05, 3.63) is 65.7 Å². The number of piperidine rings is 1. The molecule has 1 aliphatic heterocycles. The van der Waals surface area contributed by atoms with Crippen molar-refractivity contribution in [2.75, 3.05) is 18.4 Å². The van der Waals surface area contributed by atoms with Crippen LogP contribution in [0, 0.1) is 5.92 Å². The Hall–Kier alpha value is -2.39. The zero-order valence-electron chi connectivity index (χ0n) is 15.5. The number of hydrogen-bond acceptors (Lipinski definition) is 3. The first-order valence-electron chi connectivity index (χ1n) is 9.15. The van der Waals surface area contributed by atoms with Crippen LogP contribution in [0.4, 0.5) is 18.9 Å². The third-order valence-corrected chi connectivity index (χ3v) is 6.64. The Morgan fingerprint density at radius 2 is 1.72 bits per heavy atom. The molecule has 1 atom stereocenters. The zero-order chi connectivity index (χ0) is 21.1. The predicted octanol–water partition coefficient (Wildman–Crippen LogP) is 3.89. The van der Waals surface area contributed by atoms with E-state index < -0.39 is 33.6 Å². The SMILES string of the molecule is O=C(Nc1ccc(C(F)(F)F)cc1)[C@H]1CCCN(S(=O)(=O)Cc2ccccc2)C1. The second-order valence-electron chi connectivity index (χ2n) is 7.00. The van der Waals surface area contributed by atoms with Gasteiger partial charge < -0.3 is 5.32 Å². The lowest BCUT2D eigenvalue weighted by Crippen LogP contribution is -2.44. The second-order valence-corrected chi connectivity index (χ2v) is 8.97. The molecule has 1 saturated heterocycles. The summed E-state index contributed by atoms with van der Waals surface area (Å²) < 4.78 is 64.6. The van der Waals surface area contributed by atoms with Gasteiger partial charge in [0, 0.05) is 18.8 Å². The normalized spacial score (nSPS) is 18.4. The second kappa shape index (κ2) is 8.54. The van der Waals surface area contributed by atoms with Gasteiger partial charge in [0.15, 0.2) is 0 Å². The van der Waals surface area contributed by atoms with Gasteiger partial charge in [-0.05, 0) is 42.7 Å². The molecule has 1 heterocycles. The van der Waals surface area contributed by atoms with Gasteiger partial charge in [-0.25, -0.2) is 12.7 Å². The van der Waals surface area contributed by atoms with E-state index in [1.54, 1.807) is 30.3 Å². The van der Waals surface area contributed by atoms with E-state index in [1.807, 2.05) is 0 Å². The van der Waals surface area contributed by atoms with Crippen LogP contribution in [0.2, 0.25) is 0 Å². The highest BCUT2D eigenvalue weighted by atomic mass is 32.2. The van der Waals surface area contributed by atoms with Gasteiger partial charge in [-0.1, -0.05) is 30.3 Å². The summed E-state index contributed by atoms with van der Waals surface area (Å²) in [5.74, 6) is -1.10. The number of amides is 1. The Morgan fingerprint density at radius 3 is 2.34 bits per heavy atom. The van der Waals surface area contributed by atoms with E-state index in [9.17, 15) is 26.4 Å². The molecule has 3 rings (SSSR count). The number of benzene rings is 2. The largest absolute Gasteiger partial charge is 0.416 e. The van der Waals surface area contributed by atoms with Crippen molar-refractivity contribution in [1.29, 1.82) is 0 Å². The van der Waals surface area contributed by atoms with Gasteiger partial charge in [-0.3, -0.25) is 4.79 Å². The van der Waals surface area contributed by atoms with Gasteiger partial charge in [0.1, 0.15) is 0 Å². The molecule has 0 saturated carbocycles. The number of hydrogen-bond donors (Lipinski definition) is 1. The molecule has 156 valence electrons. The fraction of sp³-hybridized carbons (Fsp3) is 0.350. The molecular formula is C20H21F3N2O3S. The molecule has 1 N–H and O–H groups in total. The molecule has 1 fully saturated rings. The van der Waals surface area contributed by atoms with Crippen molar-refractivity contribution >= 4 is 21.6 Å². The van der Waals surface area contributed by atoms with Crippen LogP contribution < -0.4 is 5.32 Å². The van der Waals surface area contributed by atoms with Crippen molar-refractivity contribution in [1.82, 2.24) is 4.31 Å². The monoisotopic (exact) mass is 426 g/mol. The van der Waals surface area contributed by atoms with E-state index in [0.717, 1.165) is 12.1 Å². The third kappa shape index (κ3) is 5.57. The van der Waals surface area contributed by atoms with Crippen molar-refractivity contribution in [2.24, 2.45) is 5.92 Å². The maximum atomic E-state index is 12.7. The number of sulfonamides is 1. The fourth-order valence-corrected chi connectivity index (χ4v) is 4.88. The van der Waals surface area contributed by atoms with Crippen molar-refractivity contribution in [3.8, 4) is 0 Å². The van der Waals surface area contributed by atoms with E-state index in [-0.39, 0.29) is 18.0 Å². The van der Waals surface area contributed by atoms with E-state index in [1.165, 1.54) is 16.4 Å². The number of carbonyl (C=O) groups is 1. The average molecular weight is 426 g/mol. The zero-order valence-corrected chi connectivity index (χ0v) is 16.3. The summed E-state index contributed by atoms with van der Waals surface area (Å²) in [6.07, 6.45) is -3.39. The number of rotatable bonds is 5. The Bertz CT molecular complexity index is 945. The minimum absolute atomic E-state index is 0.0572. The van der Waals surface area contributed by atoms with Crippen LogP contribution in [-0.2, 0) is 26.7 Å². The Balaban J connectivity index is 1.63. The lowest BCUT2D eigenvalue weighted by atomic mass is 9.98. The molecule has 2 aromatic rings. The van der Waals surface area contributed by atoms with E-state index in [0.29, 0.717) is 24.9 Å². The van der Waals surface area contributed by atoms with Crippen molar-refractivity contribution in [3.63, 3.8) is 0 Å². The number of nitrogens with zero attached hydrogens (tertiary/aromatic N) is 1. The first-order chi connectivity index (χ1) is 13.6. The molecule has 0 spiro atoms. The number of halogens is 3. The first-order valence-corrected chi connectivity index (χ1v) is 10.8.